The highest BCUT2D eigenvalue weighted by Gasteiger charge is 2.73. The predicted molar refractivity (Wildman–Crippen MR) is 150 cm³/mol. The van der Waals surface area contributed by atoms with Crippen LogP contribution in [0.3, 0.4) is 0 Å². The molecule has 0 radical (unpaired) electrons. The first-order valence-corrected chi connectivity index (χ1v) is 15.0. The molecule has 43 heavy (non-hydrogen) atoms. The first-order chi connectivity index (χ1) is 20.1. The molecule has 2 heterocycles. The first-order valence-electron chi connectivity index (χ1n) is 15.0. The van der Waals surface area contributed by atoms with E-state index in [1.807, 2.05) is 11.0 Å². The first kappa shape index (κ1) is 28.4. The second-order valence-corrected chi connectivity index (χ2v) is 14.6. The molecule has 2 aromatic heterocycles. The molecule has 0 unspecified atom stereocenters. The summed E-state index contributed by atoms with van der Waals surface area (Å²) in [5.41, 5.74) is -0.653. The van der Waals surface area contributed by atoms with Gasteiger partial charge in [-0.1, -0.05) is 38.1 Å². The normalized spacial score (nSPS) is 31.3. The molecule has 6 fully saturated rings. The maximum Gasteiger partial charge on any atom is 0.451 e. The molecule has 6 aliphatic carbocycles. The molecule has 1 amide bonds. The third-order valence-electron chi connectivity index (χ3n) is 10.5. The van der Waals surface area contributed by atoms with E-state index in [4.69, 9.17) is 9.51 Å². The SMILES string of the molecule is CC(C)(C)c1noc(C23CCC(CN(C(=O)C45CC(F)(C4)C5)c4cccc(-c5cnc(C(F)(F)F)nc5)c4)(CC2)CC3)n1. The molecular weight excluding hydrogens is 562 g/mol. The Morgan fingerprint density at radius 1 is 0.930 bits per heavy atom. The Balaban J connectivity index is 1.15. The van der Waals surface area contributed by atoms with E-state index >= 15 is 0 Å². The van der Waals surface area contributed by atoms with Crippen LogP contribution < -0.4 is 4.90 Å². The average molecular weight is 598 g/mol. The summed E-state index contributed by atoms with van der Waals surface area (Å²) in [4.78, 5) is 27.8. The Morgan fingerprint density at radius 2 is 1.56 bits per heavy atom. The Bertz CT molecular complexity index is 1530. The summed E-state index contributed by atoms with van der Waals surface area (Å²) in [5.74, 6) is 0.162. The average Bonchev–Trinajstić information content (AvgIpc) is 3.47. The number of carbonyl (C=O) groups is 1. The van der Waals surface area contributed by atoms with Gasteiger partial charge in [0.25, 0.3) is 0 Å². The van der Waals surface area contributed by atoms with Crippen LogP contribution in [0.2, 0.25) is 0 Å². The zero-order valence-electron chi connectivity index (χ0n) is 24.6. The standard InChI is InChI=1S/C32H35F4N5O2/c1-27(2,3)23-39-25(43-40-23)29-10-7-28(8-11-29,9-12-29)19-41(26(42)30-16-31(33,17-30)18-30)22-6-4-5-20(13-22)21-14-37-24(38-15-21)32(34,35)36/h4-6,13-15H,7-12,16-19H2,1-3H3. The van der Waals surface area contributed by atoms with Gasteiger partial charge in [-0.3, -0.25) is 4.79 Å². The summed E-state index contributed by atoms with van der Waals surface area (Å²) in [5, 5.41) is 4.27. The van der Waals surface area contributed by atoms with Crippen molar-refractivity contribution >= 4 is 11.6 Å². The van der Waals surface area contributed by atoms with Gasteiger partial charge in [0.2, 0.25) is 17.6 Å². The van der Waals surface area contributed by atoms with Crippen LogP contribution in [0.15, 0.2) is 41.2 Å². The second-order valence-electron chi connectivity index (χ2n) is 14.6. The zero-order chi connectivity index (χ0) is 30.5. The van der Waals surface area contributed by atoms with Crippen LogP contribution >= 0.6 is 0 Å². The fourth-order valence-electron chi connectivity index (χ4n) is 7.83. The monoisotopic (exact) mass is 597 g/mol. The minimum Gasteiger partial charge on any atom is -0.339 e. The summed E-state index contributed by atoms with van der Waals surface area (Å²) in [7, 11) is 0. The number of benzene rings is 1. The highest BCUT2D eigenvalue weighted by atomic mass is 19.4. The third kappa shape index (κ3) is 4.65. The maximum atomic E-state index is 14.5. The number of amides is 1. The quantitative estimate of drug-likeness (QED) is 0.276. The lowest BCUT2D eigenvalue weighted by molar-refractivity contribution is -0.211. The Morgan fingerprint density at radius 3 is 2.09 bits per heavy atom. The second kappa shape index (κ2) is 9.08. The summed E-state index contributed by atoms with van der Waals surface area (Å²) in [6.07, 6.45) is 3.81. The fourth-order valence-corrected chi connectivity index (χ4v) is 7.83. The van der Waals surface area contributed by atoms with E-state index in [2.05, 4.69) is 35.9 Å². The van der Waals surface area contributed by atoms with Crippen LogP contribution in [0.5, 0.6) is 0 Å². The molecule has 0 saturated heterocycles. The number of fused-ring (bicyclic) bond motifs is 3. The highest BCUT2D eigenvalue weighted by molar-refractivity contribution is 6.00. The molecule has 9 rings (SSSR count). The minimum atomic E-state index is -4.63. The van der Waals surface area contributed by atoms with Crippen molar-refractivity contribution in [3.05, 3.63) is 54.2 Å². The smallest absolute Gasteiger partial charge is 0.339 e. The van der Waals surface area contributed by atoms with Crippen LogP contribution in [0, 0.1) is 10.8 Å². The number of anilines is 1. The number of aromatic nitrogens is 4. The Labute approximate surface area is 247 Å². The van der Waals surface area contributed by atoms with Gasteiger partial charge in [-0.15, -0.1) is 0 Å². The topological polar surface area (TPSA) is 85.0 Å². The fraction of sp³-hybridized carbons (Fsp3) is 0.594. The molecule has 228 valence electrons. The van der Waals surface area contributed by atoms with E-state index in [0.717, 1.165) is 50.9 Å². The van der Waals surface area contributed by atoms with Crippen LogP contribution in [0.25, 0.3) is 11.1 Å². The molecule has 6 aliphatic rings. The van der Waals surface area contributed by atoms with Gasteiger partial charge >= 0.3 is 6.18 Å². The van der Waals surface area contributed by atoms with Crippen molar-refractivity contribution in [2.24, 2.45) is 10.8 Å². The molecule has 6 saturated carbocycles. The van der Waals surface area contributed by atoms with E-state index in [1.54, 1.807) is 18.2 Å². The molecule has 4 bridgehead atoms. The molecule has 11 heteroatoms. The van der Waals surface area contributed by atoms with Crippen molar-refractivity contribution in [2.45, 2.75) is 101 Å². The maximum absolute atomic E-state index is 14.5. The molecule has 0 aliphatic heterocycles. The van der Waals surface area contributed by atoms with Crippen molar-refractivity contribution in [1.82, 2.24) is 20.1 Å². The van der Waals surface area contributed by atoms with Gasteiger partial charge in [-0.2, -0.15) is 18.2 Å². The van der Waals surface area contributed by atoms with E-state index < -0.39 is 23.1 Å². The Kier molecular flexibility index (Phi) is 6.00. The Hall–Kier alpha value is -3.37. The van der Waals surface area contributed by atoms with Gasteiger partial charge in [0.05, 0.1) is 5.41 Å². The van der Waals surface area contributed by atoms with Crippen LogP contribution in [-0.4, -0.2) is 38.2 Å². The van der Waals surface area contributed by atoms with E-state index in [1.165, 1.54) is 0 Å². The summed E-state index contributed by atoms with van der Waals surface area (Å²) < 4.78 is 59.4. The molecule has 7 nitrogen and oxygen atoms in total. The largest absolute Gasteiger partial charge is 0.451 e. The van der Waals surface area contributed by atoms with Gasteiger partial charge in [-0.25, -0.2) is 14.4 Å². The van der Waals surface area contributed by atoms with Crippen molar-refractivity contribution in [2.75, 3.05) is 11.4 Å². The summed E-state index contributed by atoms with van der Waals surface area (Å²) >= 11 is 0. The highest BCUT2D eigenvalue weighted by Crippen LogP contribution is 2.70. The van der Waals surface area contributed by atoms with Gasteiger partial charge in [-0.05, 0) is 80.9 Å². The third-order valence-corrected chi connectivity index (χ3v) is 10.5. The lowest BCUT2D eigenvalue weighted by Crippen LogP contribution is -2.71. The van der Waals surface area contributed by atoms with Crippen LogP contribution in [0.4, 0.5) is 23.2 Å². The van der Waals surface area contributed by atoms with E-state index in [0.29, 0.717) is 35.1 Å². The minimum absolute atomic E-state index is 0.0589. The van der Waals surface area contributed by atoms with Crippen LogP contribution in [0.1, 0.15) is 96.1 Å². The van der Waals surface area contributed by atoms with Crippen molar-refractivity contribution < 1.29 is 26.9 Å². The van der Waals surface area contributed by atoms with Gasteiger partial charge in [0, 0.05) is 41.0 Å². The van der Waals surface area contributed by atoms with Gasteiger partial charge < -0.3 is 9.42 Å². The zero-order valence-corrected chi connectivity index (χ0v) is 24.6. The number of rotatable bonds is 6. The number of hydrogen-bond donors (Lipinski definition) is 0. The number of halogens is 4. The molecule has 0 spiro atoms. The van der Waals surface area contributed by atoms with Crippen molar-refractivity contribution in [3.8, 4) is 11.1 Å². The van der Waals surface area contributed by atoms with Crippen molar-refractivity contribution in [1.29, 1.82) is 0 Å². The predicted octanol–water partition coefficient (Wildman–Crippen LogP) is 7.36. The molecule has 3 aromatic rings. The number of carbonyl (C=O) groups excluding carboxylic acids is 1. The molecule has 1 aromatic carbocycles. The van der Waals surface area contributed by atoms with E-state index in [9.17, 15) is 22.4 Å². The van der Waals surface area contributed by atoms with Gasteiger partial charge in [0.1, 0.15) is 5.67 Å². The van der Waals surface area contributed by atoms with Crippen molar-refractivity contribution in [3.63, 3.8) is 0 Å². The number of hydrogen-bond acceptors (Lipinski definition) is 6. The lowest BCUT2D eigenvalue weighted by Gasteiger charge is -2.65. The summed E-state index contributed by atoms with van der Waals surface area (Å²) in [6.45, 7) is 6.70. The summed E-state index contributed by atoms with van der Waals surface area (Å²) in [6, 6.07) is 7.20. The molecule has 0 N–H and O–H groups in total. The number of nitrogens with zero attached hydrogens (tertiary/aromatic N) is 5. The molecular formula is C32H35F4N5O2. The van der Waals surface area contributed by atoms with Gasteiger partial charge in [0.15, 0.2) is 5.82 Å². The number of alkyl halides is 4. The lowest BCUT2D eigenvalue weighted by atomic mass is 9.41. The molecule has 0 atom stereocenters. The van der Waals surface area contributed by atoms with E-state index in [-0.39, 0.29) is 41.4 Å². The van der Waals surface area contributed by atoms with Crippen LogP contribution in [-0.2, 0) is 21.8 Å².